The minimum atomic E-state index is 0.313. The number of anilines is 1. The van der Waals surface area contributed by atoms with Crippen molar-refractivity contribution in [1.82, 2.24) is 19.7 Å². The maximum Gasteiger partial charge on any atom is 0.182 e. The lowest BCUT2D eigenvalue weighted by atomic mass is 10.3. The van der Waals surface area contributed by atoms with Crippen molar-refractivity contribution in [2.75, 3.05) is 11.9 Å². The Labute approximate surface area is 98.9 Å². The molecule has 6 nitrogen and oxygen atoms in total. The van der Waals surface area contributed by atoms with Gasteiger partial charge in [0.05, 0.1) is 5.69 Å². The molecule has 0 spiro atoms. The number of hydrogen-bond acceptors (Lipinski definition) is 5. The maximum absolute atomic E-state index is 8.83. The van der Waals surface area contributed by atoms with Gasteiger partial charge in [-0.3, -0.25) is 4.68 Å². The molecule has 0 aliphatic rings. The van der Waals surface area contributed by atoms with E-state index in [1.807, 2.05) is 25.4 Å². The van der Waals surface area contributed by atoms with Crippen LogP contribution < -0.4 is 5.32 Å². The number of rotatable bonds is 4. The van der Waals surface area contributed by atoms with Gasteiger partial charge in [-0.15, -0.1) is 0 Å². The van der Waals surface area contributed by atoms with E-state index in [2.05, 4.69) is 20.4 Å². The maximum atomic E-state index is 8.83. The van der Waals surface area contributed by atoms with E-state index in [1.54, 1.807) is 10.9 Å². The van der Waals surface area contributed by atoms with Crippen LogP contribution in [0.15, 0.2) is 24.7 Å². The van der Waals surface area contributed by atoms with Crippen molar-refractivity contribution < 1.29 is 0 Å². The van der Waals surface area contributed by atoms with Crippen LogP contribution in [0.25, 0.3) is 0 Å². The van der Waals surface area contributed by atoms with Crippen LogP contribution in [0, 0.1) is 11.3 Å². The quantitative estimate of drug-likeness (QED) is 0.834. The van der Waals surface area contributed by atoms with Crippen molar-refractivity contribution in [3.63, 3.8) is 0 Å². The highest BCUT2D eigenvalue weighted by atomic mass is 15.2. The molecule has 1 N–H and O–H groups in total. The summed E-state index contributed by atoms with van der Waals surface area (Å²) in [6.45, 7) is 0.671. The average molecular weight is 228 g/mol. The molecule has 2 rings (SSSR count). The molecule has 2 aromatic rings. The van der Waals surface area contributed by atoms with Crippen molar-refractivity contribution in [2.45, 2.75) is 6.42 Å². The summed E-state index contributed by atoms with van der Waals surface area (Å²) in [5, 5.41) is 16.2. The standard InChI is InChI=1S/C11H12N6/c1-17-7-3-9(16-17)2-4-14-11-10(8-12)13-5-6-15-11/h3,5-7H,2,4H2,1H3,(H,14,15). The summed E-state index contributed by atoms with van der Waals surface area (Å²) < 4.78 is 1.76. The van der Waals surface area contributed by atoms with E-state index in [4.69, 9.17) is 5.26 Å². The fourth-order valence-electron chi connectivity index (χ4n) is 1.45. The van der Waals surface area contributed by atoms with Crippen molar-refractivity contribution in [3.05, 3.63) is 36.0 Å². The second kappa shape index (κ2) is 5.07. The molecule has 0 atom stereocenters. The molecule has 17 heavy (non-hydrogen) atoms. The lowest BCUT2D eigenvalue weighted by Crippen LogP contribution is -2.09. The first kappa shape index (κ1) is 11.1. The molecular weight excluding hydrogens is 216 g/mol. The Balaban J connectivity index is 1.92. The Kier molecular flexibility index (Phi) is 3.31. The second-order valence-electron chi connectivity index (χ2n) is 3.52. The molecular formula is C11H12N6. The van der Waals surface area contributed by atoms with Gasteiger partial charge in [-0.1, -0.05) is 0 Å². The number of nitriles is 1. The Morgan fingerprint density at radius 2 is 2.24 bits per heavy atom. The van der Waals surface area contributed by atoms with E-state index in [1.165, 1.54) is 6.20 Å². The van der Waals surface area contributed by atoms with Crippen LogP contribution in [0.5, 0.6) is 0 Å². The molecule has 0 saturated carbocycles. The van der Waals surface area contributed by atoms with E-state index >= 15 is 0 Å². The van der Waals surface area contributed by atoms with Gasteiger partial charge in [0.2, 0.25) is 0 Å². The van der Waals surface area contributed by atoms with Gasteiger partial charge in [0.15, 0.2) is 11.5 Å². The molecule has 0 bridgehead atoms. The summed E-state index contributed by atoms with van der Waals surface area (Å²) in [5.74, 6) is 0.519. The zero-order valence-electron chi connectivity index (χ0n) is 9.46. The molecule has 0 aromatic carbocycles. The van der Waals surface area contributed by atoms with Crippen LogP contribution >= 0.6 is 0 Å². The van der Waals surface area contributed by atoms with Gasteiger partial charge < -0.3 is 5.32 Å². The van der Waals surface area contributed by atoms with Gasteiger partial charge in [0, 0.05) is 38.6 Å². The largest absolute Gasteiger partial charge is 0.367 e. The molecule has 86 valence electrons. The topological polar surface area (TPSA) is 79.4 Å². The predicted molar refractivity (Wildman–Crippen MR) is 62.1 cm³/mol. The van der Waals surface area contributed by atoms with Gasteiger partial charge >= 0.3 is 0 Å². The van der Waals surface area contributed by atoms with E-state index < -0.39 is 0 Å². The SMILES string of the molecule is Cn1ccc(CCNc2nccnc2C#N)n1. The summed E-state index contributed by atoms with van der Waals surface area (Å²) in [5.41, 5.74) is 1.32. The molecule has 6 heteroatoms. The van der Waals surface area contributed by atoms with E-state index in [-0.39, 0.29) is 0 Å². The Morgan fingerprint density at radius 1 is 1.41 bits per heavy atom. The number of nitrogens with one attached hydrogen (secondary N) is 1. The summed E-state index contributed by atoms with van der Waals surface area (Å²) in [7, 11) is 1.88. The lowest BCUT2D eigenvalue weighted by Gasteiger charge is -2.04. The fourth-order valence-corrected chi connectivity index (χ4v) is 1.45. The first-order chi connectivity index (χ1) is 8.29. The third-order valence-electron chi connectivity index (χ3n) is 2.25. The lowest BCUT2D eigenvalue weighted by molar-refractivity contribution is 0.742. The number of aromatic nitrogens is 4. The smallest absolute Gasteiger partial charge is 0.182 e. The molecule has 2 heterocycles. The van der Waals surface area contributed by atoms with Crippen LogP contribution in [0.2, 0.25) is 0 Å². The van der Waals surface area contributed by atoms with Crippen LogP contribution in [-0.2, 0) is 13.5 Å². The van der Waals surface area contributed by atoms with Crippen LogP contribution in [0.4, 0.5) is 5.82 Å². The third kappa shape index (κ3) is 2.78. The Hall–Kier alpha value is -2.42. The zero-order valence-corrected chi connectivity index (χ0v) is 9.46. The second-order valence-corrected chi connectivity index (χ2v) is 3.52. The summed E-state index contributed by atoms with van der Waals surface area (Å²) >= 11 is 0. The number of nitrogens with zero attached hydrogens (tertiary/aromatic N) is 5. The van der Waals surface area contributed by atoms with Gasteiger partial charge in [-0.25, -0.2) is 9.97 Å². The van der Waals surface area contributed by atoms with Crippen molar-refractivity contribution in [2.24, 2.45) is 7.05 Å². The molecule has 0 aliphatic heterocycles. The van der Waals surface area contributed by atoms with Crippen LogP contribution in [-0.4, -0.2) is 26.3 Å². The monoisotopic (exact) mass is 228 g/mol. The molecule has 2 aromatic heterocycles. The van der Waals surface area contributed by atoms with Crippen LogP contribution in [0.1, 0.15) is 11.4 Å². The molecule has 0 saturated heterocycles. The van der Waals surface area contributed by atoms with E-state index in [0.29, 0.717) is 18.1 Å². The first-order valence-corrected chi connectivity index (χ1v) is 5.23. The van der Waals surface area contributed by atoms with Gasteiger partial charge in [0.25, 0.3) is 0 Å². The van der Waals surface area contributed by atoms with Gasteiger partial charge in [0.1, 0.15) is 6.07 Å². The number of aryl methyl sites for hydroxylation is 1. The van der Waals surface area contributed by atoms with Crippen LogP contribution in [0.3, 0.4) is 0 Å². The summed E-state index contributed by atoms with van der Waals surface area (Å²) in [4.78, 5) is 7.99. The van der Waals surface area contributed by atoms with E-state index in [0.717, 1.165) is 12.1 Å². The molecule has 0 radical (unpaired) electrons. The van der Waals surface area contributed by atoms with E-state index in [9.17, 15) is 0 Å². The molecule has 0 unspecified atom stereocenters. The number of hydrogen-bond donors (Lipinski definition) is 1. The first-order valence-electron chi connectivity index (χ1n) is 5.23. The summed E-state index contributed by atoms with van der Waals surface area (Å²) in [6.07, 6.45) is 5.74. The molecule has 0 fully saturated rings. The minimum Gasteiger partial charge on any atom is -0.367 e. The predicted octanol–water partition coefficient (Wildman–Crippen LogP) is 0.736. The minimum absolute atomic E-state index is 0.313. The van der Waals surface area contributed by atoms with Crippen molar-refractivity contribution >= 4 is 5.82 Å². The molecule has 0 amide bonds. The van der Waals surface area contributed by atoms with Gasteiger partial charge in [-0.05, 0) is 6.07 Å². The van der Waals surface area contributed by atoms with Crippen molar-refractivity contribution in [3.8, 4) is 6.07 Å². The highest BCUT2D eigenvalue weighted by molar-refractivity contribution is 5.46. The fraction of sp³-hybridized carbons (Fsp3) is 0.273. The average Bonchev–Trinajstić information content (AvgIpc) is 2.76. The highest BCUT2D eigenvalue weighted by Crippen LogP contribution is 2.06. The molecule has 0 aliphatic carbocycles. The third-order valence-corrected chi connectivity index (χ3v) is 2.25. The van der Waals surface area contributed by atoms with Gasteiger partial charge in [-0.2, -0.15) is 10.4 Å². The highest BCUT2D eigenvalue weighted by Gasteiger charge is 2.03. The normalized spacial score (nSPS) is 9.88. The zero-order chi connectivity index (χ0) is 12.1. The Morgan fingerprint density at radius 3 is 2.94 bits per heavy atom. The van der Waals surface area contributed by atoms with Crippen molar-refractivity contribution in [1.29, 1.82) is 5.26 Å². The summed E-state index contributed by atoms with van der Waals surface area (Å²) in [6, 6.07) is 3.95. The Bertz CT molecular complexity index is 539.